The fourth-order valence-electron chi connectivity index (χ4n) is 4.87. The smallest absolute Gasteiger partial charge is 0.310 e. The van der Waals surface area contributed by atoms with Gasteiger partial charge in [-0.25, -0.2) is 0 Å². The molecule has 0 spiro atoms. The summed E-state index contributed by atoms with van der Waals surface area (Å²) in [5.41, 5.74) is 1.98. The maximum Gasteiger partial charge on any atom is 0.310 e. The van der Waals surface area contributed by atoms with E-state index in [1.54, 1.807) is 18.2 Å². The number of rotatable bonds is 4. The monoisotopic (exact) mass is 448 g/mol. The first-order valence-corrected chi connectivity index (χ1v) is 10.1. The molecule has 0 unspecified atom stereocenters. The first kappa shape index (κ1) is 20.1. The van der Waals surface area contributed by atoms with Crippen LogP contribution in [0.2, 0.25) is 5.02 Å². The van der Waals surface area contributed by atoms with Gasteiger partial charge in [-0.05, 0) is 34.9 Å². The summed E-state index contributed by atoms with van der Waals surface area (Å²) in [5, 5.41) is 11.4. The summed E-state index contributed by atoms with van der Waals surface area (Å²) in [6.45, 7) is 0.218. The minimum Gasteiger partial charge on any atom is -0.493 e. The van der Waals surface area contributed by atoms with Crippen molar-refractivity contribution in [1.82, 2.24) is 0 Å². The zero-order valence-electron chi connectivity index (χ0n) is 17.1. The minimum atomic E-state index is -0.891. The molecule has 9 heteroatoms. The van der Waals surface area contributed by atoms with E-state index in [-0.39, 0.29) is 19.4 Å². The van der Waals surface area contributed by atoms with Crippen LogP contribution in [-0.4, -0.2) is 45.8 Å². The highest BCUT2D eigenvalue weighted by atomic mass is 35.5. The highest BCUT2D eigenvalue weighted by Crippen LogP contribution is 2.57. The lowest BCUT2D eigenvalue weighted by Gasteiger charge is -2.37. The number of methoxy groups -OCH3 is 3. The molecular formula is C22H21ClO8. The summed E-state index contributed by atoms with van der Waals surface area (Å²) >= 11 is 6.78. The molecule has 2 aromatic carbocycles. The van der Waals surface area contributed by atoms with Crippen LogP contribution in [0.25, 0.3) is 0 Å². The topological polar surface area (TPSA) is 92.7 Å². The summed E-state index contributed by atoms with van der Waals surface area (Å²) in [7, 11) is 4.49. The van der Waals surface area contributed by atoms with Crippen molar-refractivity contribution >= 4 is 17.6 Å². The van der Waals surface area contributed by atoms with Crippen LogP contribution in [0.3, 0.4) is 0 Å². The molecule has 1 saturated heterocycles. The van der Waals surface area contributed by atoms with Gasteiger partial charge in [-0.2, -0.15) is 0 Å². The van der Waals surface area contributed by atoms with Crippen molar-refractivity contribution < 1.29 is 38.3 Å². The number of carbonyl (C=O) groups excluding carboxylic acids is 1. The number of cyclic esters (lactones) is 1. The first-order chi connectivity index (χ1) is 15.0. The Labute approximate surface area is 183 Å². The number of halogens is 1. The van der Waals surface area contributed by atoms with Gasteiger partial charge in [-0.1, -0.05) is 11.6 Å². The Morgan fingerprint density at radius 1 is 0.935 bits per heavy atom. The van der Waals surface area contributed by atoms with Crippen molar-refractivity contribution in [3.8, 4) is 28.7 Å². The van der Waals surface area contributed by atoms with Crippen LogP contribution in [0.4, 0.5) is 0 Å². The van der Waals surface area contributed by atoms with Gasteiger partial charge in [0.15, 0.2) is 23.0 Å². The summed E-state index contributed by atoms with van der Waals surface area (Å²) in [6.07, 6.45) is -0.891. The maximum atomic E-state index is 12.8. The molecule has 31 heavy (non-hydrogen) atoms. The molecule has 164 valence electrons. The number of ether oxygens (including phenoxy) is 6. The van der Waals surface area contributed by atoms with Crippen molar-refractivity contribution in [2.45, 2.75) is 12.0 Å². The predicted octanol–water partition coefficient (Wildman–Crippen LogP) is 3.06. The van der Waals surface area contributed by atoms with E-state index >= 15 is 0 Å². The highest BCUT2D eigenvalue weighted by molar-refractivity contribution is 6.33. The average molecular weight is 449 g/mol. The van der Waals surface area contributed by atoms with Crippen LogP contribution in [0.15, 0.2) is 18.2 Å². The molecule has 1 N–H and O–H groups in total. The highest BCUT2D eigenvalue weighted by Gasteiger charge is 2.53. The molecule has 4 atom stereocenters. The third kappa shape index (κ3) is 2.81. The summed E-state index contributed by atoms with van der Waals surface area (Å²) < 4.78 is 32.9. The van der Waals surface area contributed by atoms with Crippen LogP contribution in [-0.2, 0) is 9.53 Å². The largest absolute Gasteiger partial charge is 0.493 e. The average Bonchev–Trinajstić information content (AvgIpc) is 3.39. The van der Waals surface area contributed by atoms with Gasteiger partial charge >= 0.3 is 5.97 Å². The zero-order chi connectivity index (χ0) is 21.9. The minimum absolute atomic E-state index is 0.0961. The number of aliphatic hydroxyl groups is 1. The molecule has 0 radical (unpaired) electrons. The van der Waals surface area contributed by atoms with E-state index in [9.17, 15) is 9.90 Å². The lowest BCUT2D eigenvalue weighted by molar-refractivity contribution is -0.141. The van der Waals surface area contributed by atoms with E-state index in [0.717, 1.165) is 0 Å². The molecule has 2 aromatic rings. The zero-order valence-corrected chi connectivity index (χ0v) is 17.9. The molecule has 8 nitrogen and oxygen atoms in total. The van der Waals surface area contributed by atoms with Crippen LogP contribution in [0, 0.1) is 11.8 Å². The van der Waals surface area contributed by atoms with E-state index in [1.807, 2.05) is 0 Å². The standard InChI is InChI=1S/C22H21ClO8/c1-26-15-6-11(18(23)21(28-3)20(15)27-2)16-9-4-13-14(31-8-30-13)5-10(9)19(24)12-7-29-22(25)17(12)16/h4-6,12,16-17,19,24H,7-8H2,1-3H3/t12-,16-,17-,19-/m0/s1. The second kappa shape index (κ2) is 7.39. The fourth-order valence-corrected chi connectivity index (χ4v) is 5.21. The number of hydrogen-bond donors (Lipinski definition) is 1. The van der Waals surface area contributed by atoms with Crippen LogP contribution < -0.4 is 23.7 Å². The number of hydrogen-bond acceptors (Lipinski definition) is 8. The number of fused-ring (bicyclic) bond motifs is 3. The summed E-state index contributed by atoms with van der Waals surface area (Å²) in [6, 6.07) is 5.30. The summed E-state index contributed by atoms with van der Waals surface area (Å²) in [4.78, 5) is 12.8. The van der Waals surface area contributed by atoms with Crippen molar-refractivity contribution in [1.29, 1.82) is 0 Å². The van der Waals surface area contributed by atoms with E-state index in [0.29, 0.717) is 50.5 Å². The number of carbonyl (C=O) groups is 1. The van der Waals surface area contributed by atoms with Gasteiger partial charge in [-0.15, -0.1) is 0 Å². The van der Waals surface area contributed by atoms with Gasteiger partial charge in [-0.3, -0.25) is 4.79 Å². The van der Waals surface area contributed by atoms with Crippen molar-refractivity contribution in [3.05, 3.63) is 39.9 Å². The normalized spacial score (nSPS) is 25.5. The van der Waals surface area contributed by atoms with E-state index in [4.69, 9.17) is 40.0 Å². The lowest BCUT2D eigenvalue weighted by atomic mass is 9.66. The molecule has 5 rings (SSSR count). The van der Waals surface area contributed by atoms with Gasteiger partial charge < -0.3 is 33.5 Å². The molecule has 1 fully saturated rings. The Kier molecular flexibility index (Phi) is 4.79. The number of benzene rings is 2. The Balaban J connectivity index is 1.78. The van der Waals surface area contributed by atoms with Crippen molar-refractivity contribution in [2.24, 2.45) is 11.8 Å². The molecule has 1 aliphatic carbocycles. The predicted molar refractivity (Wildman–Crippen MR) is 108 cm³/mol. The Hall–Kier alpha value is -2.84. The second-order valence-corrected chi connectivity index (χ2v) is 8.00. The Bertz CT molecular complexity index is 1070. The third-order valence-corrected chi connectivity index (χ3v) is 6.67. The van der Waals surface area contributed by atoms with E-state index in [1.165, 1.54) is 21.3 Å². The number of aliphatic hydroxyl groups excluding tert-OH is 1. The molecule has 2 heterocycles. The molecule has 0 bridgehead atoms. The SMILES string of the molecule is COc1cc([C@@H]2c3cc4c(cc3[C@H](O)[C@H]3COC(=O)[C@H]23)OCO4)c(Cl)c(OC)c1OC. The van der Waals surface area contributed by atoms with Crippen molar-refractivity contribution in [3.63, 3.8) is 0 Å². The molecule has 2 aliphatic heterocycles. The molecule has 0 amide bonds. The molecule has 3 aliphatic rings. The first-order valence-electron chi connectivity index (χ1n) is 9.76. The Morgan fingerprint density at radius 2 is 1.61 bits per heavy atom. The van der Waals surface area contributed by atoms with Gasteiger partial charge in [0, 0.05) is 11.8 Å². The van der Waals surface area contributed by atoms with Crippen molar-refractivity contribution in [2.75, 3.05) is 34.7 Å². The fraction of sp³-hybridized carbons (Fsp3) is 0.409. The summed E-state index contributed by atoms with van der Waals surface area (Å²) in [5.74, 6) is 0.191. The number of esters is 1. The van der Waals surface area contributed by atoms with Gasteiger partial charge in [0.25, 0.3) is 0 Å². The third-order valence-electron chi connectivity index (χ3n) is 6.28. The molecule has 0 saturated carbocycles. The van der Waals surface area contributed by atoms with Gasteiger partial charge in [0.2, 0.25) is 12.5 Å². The van der Waals surface area contributed by atoms with Gasteiger partial charge in [0.1, 0.15) is 0 Å². The van der Waals surface area contributed by atoms with E-state index in [2.05, 4.69) is 0 Å². The van der Waals surface area contributed by atoms with Crippen LogP contribution in [0.1, 0.15) is 28.7 Å². The molecular weight excluding hydrogens is 428 g/mol. The van der Waals surface area contributed by atoms with Gasteiger partial charge in [0.05, 0.1) is 45.0 Å². The van der Waals surface area contributed by atoms with Crippen LogP contribution in [0.5, 0.6) is 28.7 Å². The quantitative estimate of drug-likeness (QED) is 0.713. The maximum absolute atomic E-state index is 12.8. The lowest BCUT2D eigenvalue weighted by Crippen LogP contribution is -2.34. The van der Waals surface area contributed by atoms with E-state index < -0.39 is 23.9 Å². The Morgan fingerprint density at radius 3 is 2.26 bits per heavy atom. The molecule has 0 aromatic heterocycles. The second-order valence-electron chi connectivity index (χ2n) is 7.63. The van der Waals surface area contributed by atoms with Crippen LogP contribution >= 0.6 is 11.6 Å².